The normalized spacial score (nSPS) is 11.6. The first-order chi connectivity index (χ1) is 8.17. The van der Waals surface area contributed by atoms with Gasteiger partial charge in [-0.25, -0.2) is 0 Å². The van der Waals surface area contributed by atoms with Gasteiger partial charge < -0.3 is 14.9 Å². The third-order valence-corrected chi connectivity index (χ3v) is 2.71. The van der Waals surface area contributed by atoms with Gasteiger partial charge in [-0.15, -0.1) is 0 Å². The van der Waals surface area contributed by atoms with Crippen LogP contribution in [0.5, 0.6) is 0 Å². The van der Waals surface area contributed by atoms with Crippen molar-refractivity contribution in [1.29, 1.82) is 0 Å². The van der Waals surface area contributed by atoms with E-state index in [4.69, 9.17) is 0 Å². The summed E-state index contributed by atoms with van der Waals surface area (Å²) in [6.45, 7) is 0. The molecule has 1 aromatic rings. The molecule has 90 valence electrons. The summed E-state index contributed by atoms with van der Waals surface area (Å²) in [6.07, 6.45) is 1.95. The number of rotatable bonds is 6. The zero-order valence-electron chi connectivity index (χ0n) is 9.06. The fourth-order valence-corrected chi connectivity index (χ4v) is 1.54. The molecule has 0 spiro atoms. The number of carbonyl (C=O) groups excluding carboxylic acids is 3. The first-order valence-electron chi connectivity index (χ1n) is 5.12. The van der Waals surface area contributed by atoms with Crippen LogP contribution in [-0.4, -0.2) is 24.5 Å². The Morgan fingerprint density at radius 2 is 1.94 bits per heavy atom. The van der Waals surface area contributed by atoms with Crippen molar-refractivity contribution < 1.29 is 14.4 Å². The molecule has 1 atom stereocenters. The van der Waals surface area contributed by atoms with Crippen LogP contribution < -0.4 is 5.32 Å². The average Bonchev–Trinajstić information content (AvgIpc) is 2.35. The largest absolute Gasteiger partial charge is 0.343 e. The summed E-state index contributed by atoms with van der Waals surface area (Å²) in [6, 6.07) is 6.19. The van der Waals surface area contributed by atoms with Crippen LogP contribution in [0, 0.1) is 0 Å². The van der Waals surface area contributed by atoms with Gasteiger partial charge in [0.2, 0.25) is 0 Å². The highest BCUT2D eigenvalue weighted by Crippen LogP contribution is 2.10. The zero-order chi connectivity index (χ0) is 12.7. The van der Waals surface area contributed by atoms with Crippen LogP contribution in [-0.2, 0) is 9.59 Å². The Kier molecular flexibility index (Phi) is 5.56. The Labute approximate surface area is 108 Å². The van der Waals surface area contributed by atoms with Gasteiger partial charge in [0.1, 0.15) is 12.6 Å². The number of amides is 1. The standard InChI is InChI=1S/C12H12BrNO3/c13-10-5-3-9(4-6-10)12(17)14-11(8-16)2-1-7-15/h3-8,11H,1-2H2,(H,14,17)/t11-/m0/s1. The van der Waals surface area contributed by atoms with E-state index in [0.717, 1.165) is 10.8 Å². The molecule has 1 N–H and O–H groups in total. The highest BCUT2D eigenvalue weighted by atomic mass is 79.9. The maximum atomic E-state index is 11.7. The van der Waals surface area contributed by atoms with E-state index < -0.39 is 6.04 Å². The van der Waals surface area contributed by atoms with E-state index in [1.165, 1.54) is 0 Å². The third kappa shape index (κ3) is 4.48. The summed E-state index contributed by atoms with van der Waals surface area (Å²) in [5, 5.41) is 2.56. The predicted molar refractivity (Wildman–Crippen MR) is 66.8 cm³/mol. The molecule has 0 bridgehead atoms. The second-order valence-corrected chi connectivity index (χ2v) is 4.38. The van der Waals surface area contributed by atoms with Crippen molar-refractivity contribution in [3.05, 3.63) is 34.3 Å². The van der Waals surface area contributed by atoms with E-state index in [9.17, 15) is 14.4 Å². The summed E-state index contributed by atoms with van der Waals surface area (Å²) in [7, 11) is 0. The van der Waals surface area contributed by atoms with E-state index in [1.807, 2.05) is 0 Å². The van der Waals surface area contributed by atoms with Gasteiger partial charge in [0.25, 0.3) is 5.91 Å². The van der Waals surface area contributed by atoms with Gasteiger partial charge in [-0.05, 0) is 30.7 Å². The first kappa shape index (κ1) is 13.6. The number of halogens is 1. The van der Waals surface area contributed by atoms with E-state index in [2.05, 4.69) is 21.2 Å². The lowest BCUT2D eigenvalue weighted by Crippen LogP contribution is -2.36. The molecule has 0 radical (unpaired) electrons. The fraction of sp³-hybridized carbons (Fsp3) is 0.250. The van der Waals surface area contributed by atoms with Gasteiger partial charge in [0.15, 0.2) is 0 Å². The van der Waals surface area contributed by atoms with Crippen LogP contribution in [0.2, 0.25) is 0 Å². The van der Waals surface area contributed by atoms with E-state index in [1.54, 1.807) is 24.3 Å². The minimum Gasteiger partial charge on any atom is -0.343 e. The fourth-order valence-electron chi connectivity index (χ4n) is 1.27. The molecule has 0 saturated carbocycles. The molecule has 5 heteroatoms. The van der Waals surface area contributed by atoms with Crippen molar-refractivity contribution >= 4 is 34.4 Å². The first-order valence-corrected chi connectivity index (χ1v) is 5.92. The number of hydrogen-bond acceptors (Lipinski definition) is 3. The van der Waals surface area contributed by atoms with Gasteiger partial charge in [-0.1, -0.05) is 15.9 Å². The number of nitrogens with one attached hydrogen (secondary N) is 1. The topological polar surface area (TPSA) is 63.2 Å². The van der Waals surface area contributed by atoms with E-state index >= 15 is 0 Å². The number of benzene rings is 1. The lowest BCUT2D eigenvalue weighted by molar-refractivity contribution is -0.110. The van der Waals surface area contributed by atoms with Gasteiger partial charge in [0.05, 0.1) is 6.04 Å². The van der Waals surface area contributed by atoms with Crippen LogP contribution in [0.1, 0.15) is 23.2 Å². The highest BCUT2D eigenvalue weighted by Gasteiger charge is 2.12. The summed E-state index contributed by atoms with van der Waals surface area (Å²) in [5.41, 5.74) is 0.478. The van der Waals surface area contributed by atoms with Gasteiger partial charge in [-0.2, -0.15) is 0 Å². The number of aldehydes is 2. The smallest absolute Gasteiger partial charge is 0.251 e. The van der Waals surface area contributed by atoms with E-state index in [-0.39, 0.29) is 12.3 Å². The van der Waals surface area contributed by atoms with Crippen molar-refractivity contribution in [2.75, 3.05) is 0 Å². The average molecular weight is 298 g/mol. The molecular weight excluding hydrogens is 286 g/mol. The second-order valence-electron chi connectivity index (χ2n) is 3.47. The van der Waals surface area contributed by atoms with Gasteiger partial charge in [0, 0.05) is 16.5 Å². The van der Waals surface area contributed by atoms with E-state index in [0.29, 0.717) is 18.3 Å². The Balaban J connectivity index is 2.60. The molecule has 0 aliphatic rings. The van der Waals surface area contributed by atoms with Gasteiger partial charge >= 0.3 is 0 Å². The van der Waals surface area contributed by atoms with Crippen molar-refractivity contribution in [3.8, 4) is 0 Å². The van der Waals surface area contributed by atoms with Crippen molar-refractivity contribution in [2.45, 2.75) is 18.9 Å². The lowest BCUT2D eigenvalue weighted by atomic mass is 10.1. The molecule has 1 amide bonds. The molecule has 1 rings (SSSR count). The van der Waals surface area contributed by atoms with Crippen molar-refractivity contribution in [1.82, 2.24) is 5.32 Å². The molecule has 0 aliphatic heterocycles. The van der Waals surface area contributed by atoms with Crippen LogP contribution in [0.4, 0.5) is 0 Å². The molecule has 0 aliphatic carbocycles. The minimum absolute atomic E-state index is 0.254. The van der Waals surface area contributed by atoms with Crippen LogP contribution in [0.15, 0.2) is 28.7 Å². The summed E-state index contributed by atoms with van der Waals surface area (Å²) in [5.74, 6) is -0.319. The van der Waals surface area contributed by atoms with Crippen molar-refractivity contribution in [2.24, 2.45) is 0 Å². The maximum absolute atomic E-state index is 11.7. The Bertz CT molecular complexity index is 403. The highest BCUT2D eigenvalue weighted by molar-refractivity contribution is 9.10. The predicted octanol–water partition coefficient (Wildman–Crippen LogP) is 1.73. The van der Waals surface area contributed by atoms with Crippen LogP contribution in [0.3, 0.4) is 0 Å². The maximum Gasteiger partial charge on any atom is 0.251 e. The molecule has 0 heterocycles. The summed E-state index contributed by atoms with van der Waals surface area (Å²) >= 11 is 3.27. The second kappa shape index (κ2) is 6.96. The minimum atomic E-state index is -0.614. The number of hydrogen-bond donors (Lipinski definition) is 1. The molecule has 0 saturated heterocycles. The Morgan fingerprint density at radius 1 is 1.29 bits per heavy atom. The van der Waals surface area contributed by atoms with Gasteiger partial charge in [-0.3, -0.25) is 4.79 Å². The number of carbonyl (C=O) groups is 3. The Morgan fingerprint density at radius 3 is 2.47 bits per heavy atom. The molecule has 1 aromatic carbocycles. The van der Waals surface area contributed by atoms with Crippen molar-refractivity contribution in [3.63, 3.8) is 0 Å². The molecule has 0 unspecified atom stereocenters. The summed E-state index contributed by atoms with van der Waals surface area (Å²) < 4.78 is 0.877. The molecule has 4 nitrogen and oxygen atoms in total. The molecule has 0 aromatic heterocycles. The monoisotopic (exact) mass is 297 g/mol. The quantitative estimate of drug-likeness (QED) is 0.813. The lowest BCUT2D eigenvalue weighted by Gasteiger charge is -2.11. The molecular formula is C12H12BrNO3. The molecule has 17 heavy (non-hydrogen) atoms. The SMILES string of the molecule is O=CCC[C@@H](C=O)NC(=O)c1ccc(Br)cc1. The third-order valence-electron chi connectivity index (χ3n) is 2.18. The Hall–Kier alpha value is -1.49. The summed E-state index contributed by atoms with van der Waals surface area (Å²) in [4.78, 5) is 32.6. The zero-order valence-corrected chi connectivity index (χ0v) is 10.6. The van der Waals surface area contributed by atoms with Crippen LogP contribution in [0.25, 0.3) is 0 Å². The molecule has 0 fully saturated rings. The van der Waals surface area contributed by atoms with Crippen LogP contribution >= 0.6 is 15.9 Å².